The molecule has 0 aliphatic carbocycles. The van der Waals surface area contributed by atoms with E-state index in [1.54, 1.807) is 0 Å². The highest BCUT2D eigenvalue weighted by Crippen LogP contribution is 2.03. The molecule has 0 aromatic carbocycles. The second-order valence-corrected chi connectivity index (χ2v) is 2.51. The van der Waals surface area contributed by atoms with E-state index >= 15 is 0 Å². The lowest BCUT2D eigenvalue weighted by Crippen LogP contribution is -2.36. The van der Waals surface area contributed by atoms with Crippen molar-refractivity contribution in [3.8, 4) is 0 Å². The Morgan fingerprint density at radius 1 is 1.50 bits per heavy atom. The summed E-state index contributed by atoms with van der Waals surface area (Å²) in [5, 5.41) is 20.4. The smallest absolute Gasteiger partial charge is 0.107 e. The summed E-state index contributed by atoms with van der Waals surface area (Å²) in [6.45, 7) is 4.53. The predicted molar refractivity (Wildman–Crippen MR) is 40.6 cm³/mol. The third-order valence-corrected chi connectivity index (χ3v) is 1.65. The van der Waals surface area contributed by atoms with Gasteiger partial charge < -0.3 is 10.2 Å². The van der Waals surface area contributed by atoms with Crippen LogP contribution in [0.1, 0.15) is 20.3 Å². The van der Waals surface area contributed by atoms with E-state index in [0.717, 1.165) is 6.42 Å². The zero-order valence-electron chi connectivity index (χ0n) is 6.67. The monoisotopic (exact) mass is 147 g/mol. The van der Waals surface area contributed by atoms with Gasteiger partial charge in [-0.1, -0.05) is 13.8 Å². The number of aliphatic hydroxyl groups is 2. The van der Waals surface area contributed by atoms with Crippen molar-refractivity contribution in [1.29, 1.82) is 0 Å². The van der Waals surface area contributed by atoms with Crippen molar-refractivity contribution >= 4 is 0 Å². The van der Waals surface area contributed by atoms with Crippen LogP contribution >= 0.6 is 0 Å². The fraction of sp³-hybridized carbons (Fsp3) is 1.00. The molecular weight excluding hydrogens is 130 g/mol. The fourth-order valence-electron chi connectivity index (χ4n) is 0.637. The first-order valence-corrected chi connectivity index (χ1v) is 3.74. The lowest BCUT2D eigenvalue weighted by atomic mass is 10.1. The van der Waals surface area contributed by atoms with E-state index < -0.39 is 6.23 Å². The SMILES string of the molecule is CCC(C)C(O)NCCO. The molecule has 3 heteroatoms. The minimum atomic E-state index is -0.475. The molecule has 3 nitrogen and oxygen atoms in total. The quantitative estimate of drug-likeness (QED) is 0.477. The highest BCUT2D eigenvalue weighted by molar-refractivity contribution is 4.59. The third kappa shape index (κ3) is 3.82. The Hall–Kier alpha value is -0.120. The molecule has 0 radical (unpaired) electrons. The van der Waals surface area contributed by atoms with Crippen LogP contribution in [0.25, 0.3) is 0 Å². The van der Waals surface area contributed by atoms with Gasteiger partial charge in [-0.25, -0.2) is 0 Å². The average molecular weight is 147 g/mol. The summed E-state index contributed by atoms with van der Waals surface area (Å²) < 4.78 is 0. The molecule has 0 spiro atoms. The van der Waals surface area contributed by atoms with E-state index in [0.29, 0.717) is 6.54 Å². The summed E-state index contributed by atoms with van der Waals surface area (Å²) in [6, 6.07) is 0. The largest absolute Gasteiger partial charge is 0.395 e. The van der Waals surface area contributed by atoms with Crippen molar-refractivity contribution < 1.29 is 10.2 Å². The average Bonchev–Trinajstić information content (AvgIpc) is 1.98. The molecule has 2 unspecified atom stereocenters. The molecule has 0 heterocycles. The summed E-state index contributed by atoms with van der Waals surface area (Å²) in [5.74, 6) is 0.256. The van der Waals surface area contributed by atoms with E-state index in [2.05, 4.69) is 5.32 Å². The maximum atomic E-state index is 9.23. The number of hydrogen-bond acceptors (Lipinski definition) is 3. The molecule has 0 fully saturated rings. The number of rotatable bonds is 5. The van der Waals surface area contributed by atoms with Crippen LogP contribution in [0.2, 0.25) is 0 Å². The first-order valence-electron chi connectivity index (χ1n) is 3.74. The molecular formula is C7H17NO2. The normalized spacial score (nSPS) is 16.8. The highest BCUT2D eigenvalue weighted by Gasteiger charge is 2.09. The maximum absolute atomic E-state index is 9.23. The Kier molecular flexibility index (Phi) is 5.58. The molecule has 0 aromatic rings. The summed E-state index contributed by atoms with van der Waals surface area (Å²) in [6.07, 6.45) is 0.469. The van der Waals surface area contributed by atoms with Gasteiger partial charge in [-0.3, -0.25) is 5.32 Å². The first-order chi connectivity index (χ1) is 4.72. The number of nitrogens with one attached hydrogen (secondary N) is 1. The fourth-order valence-corrected chi connectivity index (χ4v) is 0.637. The Balaban J connectivity index is 3.31. The molecule has 0 aromatic heterocycles. The van der Waals surface area contributed by atoms with Gasteiger partial charge in [0, 0.05) is 6.54 Å². The zero-order chi connectivity index (χ0) is 7.98. The molecule has 0 saturated heterocycles. The standard InChI is InChI=1S/C7H17NO2/c1-3-6(2)7(10)8-4-5-9/h6-10H,3-5H2,1-2H3. The van der Waals surface area contributed by atoms with Gasteiger partial charge in [-0.2, -0.15) is 0 Å². The van der Waals surface area contributed by atoms with Crippen molar-refractivity contribution in [3.05, 3.63) is 0 Å². The van der Waals surface area contributed by atoms with E-state index in [-0.39, 0.29) is 12.5 Å². The van der Waals surface area contributed by atoms with Gasteiger partial charge in [0.25, 0.3) is 0 Å². The second-order valence-electron chi connectivity index (χ2n) is 2.51. The molecule has 0 rings (SSSR count). The van der Waals surface area contributed by atoms with Crippen molar-refractivity contribution in [2.75, 3.05) is 13.2 Å². The third-order valence-electron chi connectivity index (χ3n) is 1.65. The van der Waals surface area contributed by atoms with Gasteiger partial charge in [0.1, 0.15) is 6.23 Å². The Morgan fingerprint density at radius 3 is 2.50 bits per heavy atom. The molecule has 2 atom stereocenters. The lowest BCUT2D eigenvalue weighted by Gasteiger charge is -2.17. The van der Waals surface area contributed by atoms with Gasteiger partial charge in [0.15, 0.2) is 0 Å². The van der Waals surface area contributed by atoms with Crippen LogP contribution in [-0.2, 0) is 0 Å². The molecule has 0 bridgehead atoms. The Labute approximate surface area is 62.1 Å². The highest BCUT2D eigenvalue weighted by atomic mass is 16.3. The topological polar surface area (TPSA) is 52.5 Å². The Morgan fingerprint density at radius 2 is 2.10 bits per heavy atom. The van der Waals surface area contributed by atoms with Crippen molar-refractivity contribution in [2.24, 2.45) is 5.92 Å². The molecule has 62 valence electrons. The van der Waals surface area contributed by atoms with Gasteiger partial charge in [0.05, 0.1) is 6.61 Å². The number of hydrogen-bond donors (Lipinski definition) is 3. The molecule has 0 amide bonds. The van der Waals surface area contributed by atoms with Gasteiger partial charge >= 0.3 is 0 Å². The van der Waals surface area contributed by atoms with E-state index in [9.17, 15) is 5.11 Å². The molecule has 0 saturated carbocycles. The van der Waals surface area contributed by atoms with Crippen LogP contribution in [-0.4, -0.2) is 29.6 Å². The van der Waals surface area contributed by atoms with Crippen molar-refractivity contribution in [3.63, 3.8) is 0 Å². The van der Waals surface area contributed by atoms with Crippen LogP contribution in [0.15, 0.2) is 0 Å². The van der Waals surface area contributed by atoms with Crippen LogP contribution in [0, 0.1) is 5.92 Å². The summed E-state index contributed by atoms with van der Waals surface area (Å²) >= 11 is 0. The van der Waals surface area contributed by atoms with Gasteiger partial charge in [-0.05, 0) is 12.3 Å². The molecule has 0 aliphatic heterocycles. The van der Waals surface area contributed by atoms with Gasteiger partial charge in [0.2, 0.25) is 0 Å². The number of aliphatic hydroxyl groups excluding tert-OH is 2. The Bertz CT molecular complexity index is 78.0. The maximum Gasteiger partial charge on any atom is 0.107 e. The van der Waals surface area contributed by atoms with E-state index in [1.165, 1.54) is 0 Å². The second kappa shape index (κ2) is 5.65. The minimum Gasteiger partial charge on any atom is -0.395 e. The van der Waals surface area contributed by atoms with Crippen molar-refractivity contribution in [1.82, 2.24) is 5.32 Å². The molecule has 3 N–H and O–H groups in total. The van der Waals surface area contributed by atoms with Crippen LogP contribution in [0.3, 0.4) is 0 Å². The molecule has 10 heavy (non-hydrogen) atoms. The van der Waals surface area contributed by atoms with Crippen LogP contribution in [0.5, 0.6) is 0 Å². The van der Waals surface area contributed by atoms with Crippen LogP contribution < -0.4 is 5.32 Å². The predicted octanol–water partition coefficient (Wildman–Crippen LogP) is -0.0672. The van der Waals surface area contributed by atoms with E-state index in [4.69, 9.17) is 5.11 Å². The van der Waals surface area contributed by atoms with Crippen molar-refractivity contribution in [2.45, 2.75) is 26.5 Å². The summed E-state index contributed by atoms with van der Waals surface area (Å²) in [7, 11) is 0. The zero-order valence-corrected chi connectivity index (χ0v) is 6.67. The summed E-state index contributed by atoms with van der Waals surface area (Å²) in [5.41, 5.74) is 0. The summed E-state index contributed by atoms with van der Waals surface area (Å²) in [4.78, 5) is 0. The van der Waals surface area contributed by atoms with Crippen LogP contribution in [0.4, 0.5) is 0 Å². The molecule has 0 aliphatic rings. The van der Waals surface area contributed by atoms with Gasteiger partial charge in [-0.15, -0.1) is 0 Å². The lowest BCUT2D eigenvalue weighted by molar-refractivity contribution is 0.0754. The van der Waals surface area contributed by atoms with E-state index in [1.807, 2.05) is 13.8 Å². The first kappa shape index (κ1) is 9.88. The minimum absolute atomic E-state index is 0.0769.